The van der Waals surface area contributed by atoms with Crippen LogP contribution in [0.15, 0.2) is 152 Å². The molecular formula is C43H31N. The van der Waals surface area contributed by atoms with Gasteiger partial charge in [0.05, 0.1) is 16.6 Å². The Morgan fingerprint density at radius 1 is 0.409 bits per heavy atom. The maximum Gasteiger partial charge on any atom is 0.0719 e. The zero-order valence-corrected chi connectivity index (χ0v) is 24.9. The molecule has 0 radical (unpaired) electrons. The van der Waals surface area contributed by atoms with E-state index in [0.717, 1.165) is 16.8 Å². The lowest BCUT2D eigenvalue weighted by atomic mass is 9.55. The van der Waals surface area contributed by atoms with Crippen LogP contribution in [0, 0.1) is 0 Å². The van der Waals surface area contributed by atoms with Crippen molar-refractivity contribution in [3.05, 3.63) is 185 Å². The fraction of sp³-hybridized carbons (Fsp3) is 0.0930. The van der Waals surface area contributed by atoms with E-state index in [0.29, 0.717) is 0 Å². The van der Waals surface area contributed by atoms with Crippen molar-refractivity contribution >= 4 is 10.9 Å². The molecule has 6 aromatic carbocycles. The van der Waals surface area contributed by atoms with Gasteiger partial charge in [0.1, 0.15) is 0 Å². The second-order valence-corrected chi connectivity index (χ2v) is 12.7. The van der Waals surface area contributed by atoms with Crippen LogP contribution < -0.4 is 0 Å². The summed E-state index contributed by atoms with van der Waals surface area (Å²) in [5.74, 6) is 0. The van der Waals surface area contributed by atoms with Gasteiger partial charge in [-0.25, -0.2) is 4.98 Å². The molecule has 0 amide bonds. The van der Waals surface area contributed by atoms with Gasteiger partial charge < -0.3 is 0 Å². The zero-order chi connectivity index (χ0) is 29.5. The van der Waals surface area contributed by atoms with E-state index >= 15 is 0 Å². The molecule has 2 aliphatic carbocycles. The molecule has 1 aromatic heterocycles. The van der Waals surface area contributed by atoms with E-state index in [2.05, 4.69) is 166 Å². The van der Waals surface area contributed by atoms with Crippen LogP contribution in [0.2, 0.25) is 0 Å². The second-order valence-electron chi connectivity index (χ2n) is 12.7. The molecule has 44 heavy (non-hydrogen) atoms. The van der Waals surface area contributed by atoms with Gasteiger partial charge in [0.15, 0.2) is 0 Å². The molecule has 1 nitrogen and oxygen atoms in total. The van der Waals surface area contributed by atoms with Crippen LogP contribution in [0.4, 0.5) is 0 Å². The first-order valence-electron chi connectivity index (χ1n) is 15.5. The maximum absolute atomic E-state index is 5.07. The SMILES string of the molecule is CC1(C)c2ccccc2C2(c3ccccc3-c3cc(-c4cc(-c5ccccc5)nc5ccccc45)ccc32)c2ccccc21. The van der Waals surface area contributed by atoms with E-state index in [-0.39, 0.29) is 10.8 Å². The highest BCUT2D eigenvalue weighted by Gasteiger charge is 2.53. The van der Waals surface area contributed by atoms with E-state index in [1.165, 1.54) is 61.0 Å². The highest BCUT2D eigenvalue weighted by atomic mass is 14.7. The smallest absolute Gasteiger partial charge is 0.0719 e. The van der Waals surface area contributed by atoms with Crippen LogP contribution in [0.1, 0.15) is 47.2 Å². The standard InChI is InChI=1S/C43H31N/c1-42(2)36-19-9-11-21-38(36)43(39-22-12-10-20-37(39)42)34-18-8-6-16-30(34)33-26-29(24-25-35(33)43)32-27-41(28-14-4-3-5-15-28)44-40-23-13-7-17-31(32)40/h3-27H,1-2H3. The van der Waals surface area contributed by atoms with Crippen molar-refractivity contribution in [3.8, 4) is 33.5 Å². The van der Waals surface area contributed by atoms with E-state index in [1.807, 2.05) is 0 Å². The van der Waals surface area contributed by atoms with Crippen molar-refractivity contribution in [1.82, 2.24) is 4.98 Å². The van der Waals surface area contributed by atoms with Crippen LogP contribution in [-0.4, -0.2) is 4.98 Å². The molecule has 1 heterocycles. The summed E-state index contributed by atoms with van der Waals surface area (Å²) in [6.07, 6.45) is 0. The Hall–Kier alpha value is -5.27. The summed E-state index contributed by atoms with van der Waals surface area (Å²) in [4.78, 5) is 5.07. The molecular weight excluding hydrogens is 530 g/mol. The Bertz CT molecular complexity index is 2210. The predicted octanol–water partition coefficient (Wildman–Crippen LogP) is 10.6. The van der Waals surface area contributed by atoms with E-state index in [4.69, 9.17) is 4.98 Å². The highest BCUT2D eigenvalue weighted by molar-refractivity contribution is 5.99. The lowest BCUT2D eigenvalue weighted by Crippen LogP contribution is -2.40. The summed E-state index contributed by atoms with van der Waals surface area (Å²) >= 11 is 0. The monoisotopic (exact) mass is 561 g/mol. The van der Waals surface area contributed by atoms with Crippen LogP contribution in [-0.2, 0) is 10.8 Å². The van der Waals surface area contributed by atoms with Crippen molar-refractivity contribution in [2.24, 2.45) is 0 Å². The minimum atomic E-state index is -0.372. The minimum Gasteiger partial charge on any atom is -0.248 e. The summed E-state index contributed by atoms with van der Waals surface area (Å²) < 4.78 is 0. The number of hydrogen-bond acceptors (Lipinski definition) is 1. The number of fused-ring (bicyclic) bond motifs is 10. The van der Waals surface area contributed by atoms with E-state index < -0.39 is 0 Å². The van der Waals surface area contributed by atoms with Gasteiger partial charge in [0.25, 0.3) is 0 Å². The molecule has 9 rings (SSSR count). The number of pyridine rings is 1. The number of aromatic nitrogens is 1. The Morgan fingerprint density at radius 2 is 0.977 bits per heavy atom. The van der Waals surface area contributed by atoms with Gasteiger partial charge in [-0.3, -0.25) is 0 Å². The summed E-state index contributed by atoms with van der Waals surface area (Å²) in [6.45, 7) is 4.75. The molecule has 0 aliphatic heterocycles. The molecule has 0 N–H and O–H groups in total. The van der Waals surface area contributed by atoms with Crippen molar-refractivity contribution in [3.63, 3.8) is 0 Å². The Labute approximate surface area is 258 Å². The average molecular weight is 562 g/mol. The molecule has 1 heteroatoms. The van der Waals surface area contributed by atoms with Crippen LogP contribution >= 0.6 is 0 Å². The maximum atomic E-state index is 5.07. The van der Waals surface area contributed by atoms with Gasteiger partial charge in [-0.2, -0.15) is 0 Å². The lowest BCUT2D eigenvalue weighted by molar-refractivity contribution is 0.563. The predicted molar refractivity (Wildman–Crippen MR) is 182 cm³/mol. The number of rotatable bonds is 2. The van der Waals surface area contributed by atoms with Gasteiger partial charge in [-0.05, 0) is 73.8 Å². The fourth-order valence-corrected chi connectivity index (χ4v) is 8.20. The first-order chi connectivity index (χ1) is 21.6. The summed E-state index contributed by atoms with van der Waals surface area (Å²) in [6, 6.07) is 55.8. The molecule has 0 saturated heterocycles. The first-order valence-corrected chi connectivity index (χ1v) is 15.5. The van der Waals surface area contributed by atoms with Gasteiger partial charge in [0.2, 0.25) is 0 Å². The van der Waals surface area contributed by atoms with Gasteiger partial charge in [0, 0.05) is 16.4 Å². The van der Waals surface area contributed by atoms with Crippen LogP contribution in [0.5, 0.6) is 0 Å². The average Bonchev–Trinajstić information content (AvgIpc) is 3.38. The molecule has 2 aliphatic rings. The van der Waals surface area contributed by atoms with Gasteiger partial charge in [-0.15, -0.1) is 0 Å². The van der Waals surface area contributed by atoms with Crippen molar-refractivity contribution < 1.29 is 0 Å². The third-order valence-electron chi connectivity index (χ3n) is 10.2. The normalized spacial score (nSPS) is 15.0. The topological polar surface area (TPSA) is 12.9 Å². The van der Waals surface area contributed by atoms with Gasteiger partial charge in [-0.1, -0.05) is 147 Å². The summed E-state index contributed by atoms with van der Waals surface area (Å²) in [5, 5.41) is 1.17. The second kappa shape index (κ2) is 9.11. The van der Waals surface area contributed by atoms with E-state index in [1.54, 1.807) is 0 Å². The van der Waals surface area contributed by atoms with Crippen molar-refractivity contribution in [1.29, 1.82) is 0 Å². The first kappa shape index (κ1) is 25.2. The Balaban J connectivity index is 1.35. The van der Waals surface area contributed by atoms with Crippen molar-refractivity contribution in [2.45, 2.75) is 24.7 Å². The minimum absolute atomic E-state index is 0.0974. The number of nitrogens with zero attached hydrogens (tertiary/aromatic N) is 1. The molecule has 0 fully saturated rings. The third-order valence-corrected chi connectivity index (χ3v) is 10.2. The molecule has 0 unspecified atom stereocenters. The molecule has 0 saturated carbocycles. The lowest BCUT2D eigenvalue weighted by Gasteiger charge is -2.46. The number of hydrogen-bond donors (Lipinski definition) is 0. The van der Waals surface area contributed by atoms with Crippen LogP contribution in [0.3, 0.4) is 0 Å². The largest absolute Gasteiger partial charge is 0.248 e. The van der Waals surface area contributed by atoms with Crippen molar-refractivity contribution in [2.75, 3.05) is 0 Å². The highest BCUT2D eigenvalue weighted by Crippen LogP contribution is 2.62. The van der Waals surface area contributed by atoms with E-state index in [9.17, 15) is 0 Å². The molecule has 0 atom stereocenters. The summed E-state index contributed by atoms with van der Waals surface area (Å²) in [7, 11) is 0. The number of para-hydroxylation sites is 1. The fourth-order valence-electron chi connectivity index (χ4n) is 8.20. The Kier molecular flexibility index (Phi) is 5.23. The molecule has 0 bridgehead atoms. The molecule has 1 spiro atoms. The summed E-state index contributed by atoms with van der Waals surface area (Å²) in [5.41, 5.74) is 16.0. The molecule has 7 aromatic rings. The molecule has 208 valence electrons. The van der Waals surface area contributed by atoms with Crippen LogP contribution in [0.25, 0.3) is 44.4 Å². The quantitative estimate of drug-likeness (QED) is 0.205. The number of benzene rings is 6. The third kappa shape index (κ3) is 3.27. The Morgan fingerprint density at radius 3 is 1.70 bits per heavy atom. The zero-order valence-electron chi connectivity index (χ0n) is 24.9. The van der Waals surface area contributed by atoms with Gasteiger partial charge >= 0.3 is 0 Å².